The third kappa shape index (κ3) is 3.25. The topological polar surface area (TPSA) is 17.3 Å². The van der Waals surface area contributed by atoms with Crippen LogP contribution in [0.2, 0.25) is 0 Å². The first-order chi connectivity index (χ1) is 3.18. The summed E-state index contributed by atoms with van der Waals surface area (Å²) < 4.78 is 0.502. The lowest BCUT2D eigenvalue weighted by Crippen LogP contribution is -2.17. The van der Waals surface area contributed by atoms with Crippen molar-refractivity contribution in [3.05, 3.63) is 5.43 Å². The van der Waals surface area contributed by atoms with E-state index in [4.69, 9.17) is 0 Å². The van der Waals surface area contributed by atoms with Gasteiger partial charge in [0, 0.05) is 4.05 Å². The Kier molecular flexibility index (Phi) is 3.96. The largest absolute Gasteiger partial charge is 0.597 e. The molecule has 0 spiro atoms. The number of nitrogens with zero attached hydrogens (tertiary/aromatic N) is 2. The van der Waals surface area contributed by atoms with Crippen LogP contribution in [-0.2, 0) is 0 Å². The molecule has 0 unspecified atom stereocenters. The van der Waals surface area contributed by atoms with Crippen LogP contribution in [0, 0.1) is 0 Å². The van der Waals surface area contributed by atoms with Crippen LogP contribution in [-0.4, -0.2) is 23.2 Å². The molecule has 7 heavy (non-hydrogen) atoms. The van der Waals surface area contributed by atoms with Gasteiger partial charge in [-0.2, -0.15) is 7.05 Å². The summed E-state index contributed by atoms with van der Waals surface area (Å²) in [6, 6.07) is 0. The Labute approximate surface area is 58.4 Å². The van der Waals surface area contributed by atoms with Gasteiger partial charge in [-0.05, 0) is 14.0 Å². The second kappa shape index (κ2) is 3.63. The van der Waals surface area contributed by atoms with Gasteiger partial charge in [-0.15, -0.1) is 0 Å². The van der Waals surface area contributed by atoms with Crippen molar-refractivity contribution >= 4 is 22.6 Å². The Hall–Kier alpha value is 0.650. The second-order valence-electron chi connectivity index (χ2n) is 1.35. The quantitative estimate of drug-likeness (QED) is 0.295. The number of halogens is 1. The first-order valence-corrected chi connectivity index (χ1v) is 3.39. The van der Waals surface area contributed by atoms with Gasteiger partial charge in [-0.25, -0.2) is 0 Å². The third-order valence-electron chi connectivity index (χ3n) is 0.830. The minimum absolute atomic E-state index is 0.502. The fraction of sp³-hybridized carbons (Fsp3) is 1.00. The van der Waals surface area contributed by atoms with Gasteiger partial charge in [0.15, 0.2) is 0 Å². The lowest BCUT2D eigenvalue weighted by molar-refractivity contribution is 0.434. The van der Waals surface area contributed by atoms with Crippen LogP contribution < -0.4 is 0 Å². The molecule has 0 aromatic heterocycles. The molecular formula is C4H10IN2-. The molecule has 0 bridgehead atoms. The predicted octanol–water partition coefficient (Wildman–Crippen LogP) is 1.62. The van der Waals surface area contributed by atoms with Crippen LogP contribution in [0.15, 0.2) is 0 Å². The van der Waals surface area contributed by atoms with Crippen molar-refractivity contribution in [1.82, 2.24) is 5.01 Å². The zero-order chi connectivity index (χ0) is 5.86. The SMILES string of the molecule is C[N-]N(C)[C@H](C)I. The van der Waals surface area contributed by atoms with Crippen LogP contribution in [0.1, 0.15) is 6.92 Å². The molecule has 0 aliphatic heterocycles. The fourth-order valence-corrected chi connectivity index (χ4v) is 0.408. The maximum atomic E-state index is 3.91. The van der Waals surface area contributed by atoms with Gasteiger partial charge in [0.2, 0.25) is 0 Å². The van der Waals surface area contributed by atoms with Crippen LogP contribution in [0.25, 0.3) is 5.43 Å². The summed E-state index contributed by atoms with van der Waals surface area (Å²) in [6.07, 6.45) is 0. The molecule has 3 heteroatoms. The highest BCUT2D eigenvalue weighted by Crippen LogP contribution is 2.05. The average molecular weight is 213 g/mol. The van der Waals surface area contributed by atoms with E-state index in [-0.39, 0.29) is 0 Å². The molecule has 0 N–H and O–H groups in total. The molecule has 0 rings (SSSR count). The molecule has 0 aromatic rings. The lowest BCUT2D eigenvalue weighted by atomic mass is 10.7. The Morgan fingerprint density at radius 2 is 2.14 bits per heavy atom. The lowest BCUT2D eigenvalue weighted by Gasteiger charge is -2.31. The van der Waals surface area contributed by atoms with Gasteiger partial charge in [0.25, 0.3) is 0 Å². The van der Waals surface area contributed by atoms with E-state index in [1.54, 1.807) is 7.05 Å². The molecule has 0 saturated heterocycles. The molecule has 0 amide bonds. The van der Waals surface area contributed by atoms with E-state index in [9.17, 15) is 0 Å². The van der Waals surface area contributed by atoms with Gasteiger partial charge in [0.1, 0.15) is 0 Å². The van der Waals surface area contributed by atoms with Crippen LogP contribution in [0.3, 0.4) is 0 Å². The second-order valence-corrected chi connectivity index (χ2v) is 3.15. The van der Waals surface area contributed by atoms with Crippen molar-refractivity contribution in [3.8, 4) is 0 Å². The van der Waals surface area contributed by atoms with Gasteiger partial charge in [0.05, 0.1) is 0 Å². The van der Waals surface area contributed by atoms with Crippen molar-refractivity contribution < 1.29 is 0 Å². The minimum atomic E-state index is 0.502. The first kappa shape index (κ1) is 7.65. The van der Waals surface area contributed by atoms with E-state index >= 15 is 0 Å². The highest BCUT2D eigenvalue weighted by Gasteiger charge is 1.88. The van der Waals surface area contributed by atoms with Crippen molar-refractivity contribution in [2.75, 3.05) is 14.1 Å². The van der Waals surface area contributed by atoms with E-state index < -0.39 is 0 Å². The Bertz CT molecular complexity index is 47.0. The summed E-state index contributed by atoms with van der Waals surface area (Å²) >= 11 is 2.30. The molecule has 0 heterocycles. The summed E-state index contributed by atoms with van der Waals surface area (Å²) in [7, 11) is 3.74. The van der Waals surface area contributed by atoms with Gasteiger partial charge in [-0.3, -0.25) is 0 Å². The molecule has 2 nitrogen and oxygen atoms in total. The summed E-state index contributed by atoms with van der Waals surface area (Å²) in [6.45, 7) is 2.09. The number of hydrogen-bond acceptors (Lipinski definition) is 1. The maximum absolute atomic E-state index is 3.91. The van der Waals surface area contributed by atoms with Gasteiger partial charge in [-0.1, -0.05) is 22.6 Å². The molecular weight excluding hydrogens is 203 g/mol. The highest BCUT2D eigenvalue weighted by molar-refractivity contribution is 14.1. The molecule has 0 fully saturated rings. The zero-order valence-corrected chi connectivity index (χ0v) is 7.01. The van der Waals surface area contributed by atoms with Crippen LogP contribution >= 0.6 is 22.6 Å². The number of hydrogen-bond donors (Lipinski definition) is 0. The summed E-state index contributed by atoms with van der Waals surface area (Å²) in [5.74, 6) is 0. The maximum Gasteiger partial charge on any atom is 0.0423 e. The predicted molar refractivity (Wildman–Crippen MR) is 40.5 cm³/mol. The van der Waals surface area contributed by atoms with E-state index in [1.165, 1.54) is 0 Å². The molecule has 44 valence electrons. The summed E-state index contributed by atoms with van der Waals surface area (Å²) in [5, 5.41) is 1.90. The third-order valence-corrected chi connectivity index (χ3v) is 1.64. The zero-order valence-electron chi connectivity index (χ0n) is 4.85. The Morgan fingerprint density at radius 3 is 2.14 bits per heavy atom. The molecule has 0 aromatic carbocycles. The van der Waals surface area contributed by atoms with Gasteiger partial charge < -0.3 is 10.4 Å². The number of alkyl halides is 1. The van der Waals surface area contributed by atoms with Crippen molar-refractivity contribution in [3.63, 3.8) is 0 Å². The average Bonchev–Trinajstić information content (AvgIpc) is 1.65. The molecule has 1 atom stereocenters. The Balaban J connectivity index is 3.14. The number of rotatable bonds is 2. The van der Waals surface area contributed by atoms with Crippen molar-refractivity contribution in [1.29, 1.82) is 0 Å². The van der Waals surface area contributed by atoms with E-state index in [0.29, 0.717) is 4.05 Å². The smallest absolute Gasteiger partial charge is 0.0423 e. The van der Waals surface area contributed by atoms with Crippen LogP contribution in [0.4, 0.5) is 0 Å². The molecule has 0 aliphatic rings. The van der Waals surface area contributed by atoms with Crippen molar-refractivity contribution in [2.45, 2.75) is 11.0 Å². The van der Waals surface area contributed by atoms with E-state index in [1.807, 2.05) is 12.1 Å². The molecule has 0 aliphatic carbocycles. The summed E-state index contributed by atoms with van der Waals surface area (Å²) in [4.78, 5) is 0. The molecule has 0 radical (unpaired) electrons. The minimum Gasteiger partial charge on any atom is -0.597 e. The Morgan fingerprint density at radius 1 is 1.71 bits per heavy atom. The van der Waals surface area contributed by atoms with E-state index in [2.05, 4.69) is 34.9 Å². The van der Waals surface area contributed by atoms with E-state index in [0.717, 1.165) is 0 Å². The monoisotopic (exact) mass is 213 g/mol. The standard InChI is InChI=1S/C4H10IN2/c1-4(5)7(3)6-2/h4H,1-3H3/q-1/t4-/m1/s1. The highest BCUT2D eigenvalue weighted by atomic mass is 127. The van der Waals surface area contributed by atoms with Crippen molar-refractivity contribution in [2.24, 2.45) is 0 Å². The summed E-state index contributed by atoms with van der Waals surface area (Å²) in [5.41, 5.74) is 3.91. The van der Waals surface area contributed by atoms with Gasteiger partial charge >= 0.3 is 0 Å². The fourth-order valence-electron chi connectivity index (χ4n) is 0.159. The first-order valence-electron chi connectivity index (χ1n) is 2.15. The van der Waals surface area contributed by atoms with Crippen LogP contribution in [0.5, 0.6) is 0 Å². The normalized spacial score (nSPS) is 15.0. The molecule has 0 saturated carbocycles.